The summed E-state index contributed by atoms with van der Waals surface area (Å²) in [6, 6.07) is 12.9. The number of hydrogen-bond donors (Lipinski definition) is 1. The number of aliphatic hydroxyl groups excluding tert-OH is 1. The molecule has 2 heteroatoms. The third-order valence-electron chi connectivity index (χ3n) is 3.35. The van der Waals surface area contributed by atoms with Gasteiger partial charge in [0, 0.05) is 0 Å². The summed E-state index contributed by atoms with van der Waals surface area (Å²) in [7, 11) is 0. The third-order valence-corrected chi connectivity index (χ3v) is 3.35. The first kappa shape index (κ1) is 14.6. The summed E-state index contributed by atoms with van der Waals surface area (Å²) in [5.41, 5.74) is 6.16. The minimum absolute atomic E-state index is 0.0456. The van der Waals surface area contributed by atoms with Crippen molar-refractivity contribution in [2.75, 3.05) is 13.2 Å². The van der Waals surface area contributed by atoms with Gasteiger partial charge in [0.25, 0.3) is 0 Å². The minimum atomic E-state index is 0.0456. The average molecular weight is 270 g/mol. The molecule has 0 fully saturated rings. The molecule has 0 saturated heterocycles. The van der Waals surface area contributed by atoms with E-state index in [1.807, 2.05) is 0 Å². The van der Waals surface area contributed by atoms with Gasteiger partial charge in [-0.1, -0.05) is 42.0 Å². The van der Waals surface area contributed by atoms with E-state index in [1.54, 1.807) is 0 Å². The standard InChI is InChI=1S/C18H22O2/c1-13-5-4-6-16(9-13)12-17-10-14(2)18(15(3)11-17)20-8-7-19/h4-6,9-11,19H,7-8,12H2,1-3H3. The highest BCUT2D eigenvalue weighted by molar-refractivity contribution is 5.44. The van der Waals surface area contributed by atoms with E-state index in [-0.39, 0.29) is 6.61 Å². The van der Waals surface area contributed by atoms with Gasteiger partial charge in [0.1, 0.15) is 12.4 Å². The van der Waals surface area contributed by atoms with Crippen molar-refractivity contribution >= 4 is 0 Å². The number of aliphatic hydroxyl groups is 1. The van der Waals surface area contributed by atoms with Gasteiger partial charge in [-0.2, -0.15) is 0 Å². The van der Waals surface area contributed by atoms with Crippen molar-refractivity contribution in [1.82, 2.24) is 0 Å². The predicted molar refractivity (Wildman–Crippen MR) is 82.5 cm³/mol. The van der Waals surface area contributed by atoms with E-state index >= 15 is 0 Å². The van der Waals surface area contributed by atoms with Crippen molar-refractivity contribution < 1.29 is 9.84 Å². The molecule has 2 rings (SSSR count). The lowest BCUT2D eigenvalue weighted by molar-refractivity contribution is 0.200. The lowest BCUT2D eigenvalue weighted by Crippen LogP contribution is -2.05. The van der Waals surface area contributed by atoms with Gasteiger partial charge in [0.2, 0.25) is 0 Å². The van der Waals surface area contributed by atoms with E-state index in [2.05, 4.69) is 57.2 Å². The van der Waals surface area contributed by atoms with E-state index < -0.39 is 0 Å². The lowest BCUT2D eigenvalue weighted by Gasteiger charge is -2.13. The molecule has 0 aliphatic heterocycles. The molecule has 0 atom stereocenters. The fraction of sp³-hybridized carbons (Fsp3) is 0.333. The topological polar surface area (TPSA) is 29.5 Å². The van der Waals surface area contributed by atoms with Gasteiger partial charge in [-0.3, -0.25) is 0 Å². The van der Waals surface area contributed by atoms with Crippen molar-refractivity contribution in [1.29, 1.82) is 0 Å². The molecular weight excluding hydrogens is 248 g/mol. The third kappa shape index (κ3) is 3.61. The Bertz CT molecular complexity index is 565. The van der Waals surface area contributed by atoms with Gasteiger partial charge in [0.15, 0.2) is 0 Å². The van der Waals surface area contributed by atoms with Gasteiger partial charge in [-0.05, 0) is 49.4 Å². The molecule has 20 heavy (non-hydrogen) atoms. The molecular formula is C18H22O2. The van der Waals surface area contributed by atoms with Crippen LogP contribution in [0.1, 0.15) is 27.8 Å². The fourth-order valence-corrected chi connectivity index (χ4v) is 2.58. The Balaban J connectivity index is 2.21. The molecule has 0 aliphatic rings. The average Bonchev–Trinajstić information content (AvgIpc) is 2.38. The Morgan fingerprint density at radius 1 is 0.950 bits per heavy atom. The number of hydrogen-bond acceptors (Lipinski definition) is 2. The highest BCUT2D eigenvalue weighted by Crippen LogP contribution is 2.26. The van der Waals surface area contributed by atoms with E-state index in [0.717, 1.165) is 23.3 Å². The summed E-state index contributed by atoms with van der Waals surface area (Å²) < 4.78 is 5.59. The van der Waals surface area contributed by atoms with Crippen LogP contribution in [0.3, 0.4) is 0 Å². The zero-order chi connectivity index (χ0) is 14.5. The number of aryl methyl sites for hydroxylation is 3. The molecule has 0 spiro atoms. The largest absolute Gasteiger partial charge is 0.491 e. The van der Waals surface area contributed by atoms with Crippen LogP contribution in [0.25, 0.3) is 0 Å². The van der Waals surface area contributed by atoms with Crippen LogP contribution < -0.4 is 4.74 Å². The van der Waals surface area contributed by atoms with Crippen LogP contribution in [0.2, 0.25) is 0 Å². The Kier molecular flexibility index (Phi) is 4.80. The quantitative estimate of drug-likeness (QED) is 0.900. The monoisotopic (exact) mass is 270 g/mol. The summed E-state index contributed by atoms with van der Waals surface area (Å²) in [6.07, 6.45) is 0.934. The Hall–Kier alpha value is -1.80. The number of rotatable bonds is 5. The van der Waals surface area contributed by atoms with E-state index in [4.69, 9.17) is 9.84 Å². The summed E-state index contributed by atoms with van der Waals surface area (Å²) in [6.45, 7) is 6.62. The minimum Gasteiger partial charge on any atom is -0.491 e. The van der Waals surface area contributed by atoms with Crippen molar-refractivity contribution in [3.8, 4) is 5.75 Å². The first-order valence-electron chi connectivity index (χ1n) is 6.99. The number of ether oxygens (including phenoxy) is 1. The first-order valence-corrected chi connectivity index (χ1v) is 6.99. The van der Waals surface area contributed by atoms with Gasteiger partial charge in [0.05, 0.1) is 6.61 Å². The maximum atomic E-state index is 8.86. The molecule has 2 aromatic carbocycles. The molecule has 0 aromatic heterocycles. The van der Waals surface area contributed by atoms with Crippen LogP contribution >= 0.6 is 0 Å². The van der Waals surface area contributed by atoms with Crippen LogP contribution in [0.15, 0.2) is 36.4 Å². The van der Waals surface area contributed by atoms with Crippen LogP contribution in [-0.2, 0) is 6.42 Å². The van der Waals surface area contributed by atoms with E-state index in [9.17, 15) is 0 Å². The Morgan fingerprint density at radius 3 is 2.25 bits per heavy atom. The molecule has 0 heterocycles. The molecule has 0 amide bonds. The summed E-state index contributed by atoms with van der Waals surface area (Å²) in [5.74, 6) is 0.895. The van der Waals surface area contributed by atoms with Gasteiger partial charge in [-0.25, -0.2) is 0 Å². The second-order valence-corrected chi connectivity index (χ2v) is 5.30. The van der Waals surface area contributed by atoms with Crippen molar-refractivity contribution in [3.63, 3.8) is 0 Å². The van der Waals surface area contributed by atoms with Crippen LogP contribution in [0.5, 0.6) is 5.75 Å². The molecule has 0 unspecified atom stereocenters. The van der Waals surface area contributed by atoms with E-state index in [0.29, 0.717) is 6.61 Å². The fourth-order valence-electron chi connectivity index (χ4n) is 2.58. The Morgan fingerprint density at radius 2 is 1.65 bits per heavy atom. The highest BCUT2D eigenvalue weighted by atomic mass is 16.5. The SMILES string of the molecule is Cc1cccc(Cc2cc(C)c(OCCO)c(C)c2)c1. The molecule has 2 nitrogen and oxygen atoms in total. The predicted octanol–water partition coefficient (Wildman–Crippen LogP) is 3.57. The second-order valence-electron chi connectivity index (χ2n) is 5.30. The summed E-state index contributed by atoms with van der Waals surface area (Å²) >= 11 is 0. The first-order chi connectivity index (χ1) is 9.60. The molecule has 0 radical (unpaired) electrons. The van der Waals surface area contributed by atoms with E-state index in [1.165, 1.54) is 16.7 Å². The Labute approximate surface area is 121 Å². The van der Waals surface area contributed by atoms with Crippen molar-refractivity contribution in [2.24, 2.45) is 0 Å². The normalized spacial score (nSPS) is 10.6. The molecule has 106 valence electrons. The van der Waals surface area contributed by atoms with Crippen LogP contribution in [0.4, 0.5) is 0 Å². The molecule has 0 saturated carbocycles. The van der Waals surface area contributed by atoms with Gasteiger partial charge < -0.3 is 9.84 Å². The van der Waals surface area contributed by atoms with Gasteiger partial charge >= 0.3 is 0 Å². The maximum absolute atomic E-state index is 8.86. The second kappa shape index (κ2) is 6.58. The molecule has 1 N–H and O–H groups in total. The zero-order valence-electron chi connectivity index (χ0n) is 12.4. The van der Waals surface area contributed by atoms with Gasteiger partial charge in [-0.15, -0.1) is 0 Å². The summed E-state index contributed by atoms with van der Waals surface area (Å²) in [4.78, 5) is 0. The van der Waals surface area contributed by atoms with Crippen molar-refractivity contribution in [3.05, 3.63) is 64.2 Å². The zero-order valence-corrected chi connectivity index (χ0v) is 12.4. The smallest absolute Gasteiger partial charge is 0.125 e. The number of benzene rings is 2. The van der Waals surface area contributed by atoms with Crippen LogP contribution in [-0.4, -0.2) is 18.3 Å². The molecule has 0 aliphatic carbocycles. The molecule has 0 bridgehead atoms. The highest BCUT2D eigenvalue weighted by Gasteiger charge is 2.07. The lowest BCUT2D eigenvalue weighted by atomic mass is 9.99. The molecule has 2 aromatic rings. The summed E-state index contributed by atoms with van der Waals surface area (Å²) in [5, 5.41) is 8.86. The maximum Gasteiger partial charge on any atom is 0.125 e. The van der Waals surface area contributed by atoms with Crippen molar-refractivity contribution in [2.45, 2.75) is 27.2 Å². The van der Waals surface area contributed by atoms with Crippen LogP contribution in [0, 0.1) is 20.8 Å².